The average Bonchev–Trinajstić information content (AvgIpc) is 3.23. The summed E-state index contributed by atoms with van der Waals surface area (Å²) < 4.78 is 5.36. The van der Waals surface area contributed by atoms with Crippen LogP contribution in [0.15, 0.2) is 24.3 Å². The molecule has 0 bridgehead atoms. The van der Waals surface area contributed by atoms with Crippen molar-refractivity contribution in [1.29, 1.82) is 0 Å². The topological polar surface area (TPSA) is 66.8 Å². The van der Waals surface area contributed by atoms with E-state index >= 15 is 0 Å². The molecule has 1 N–H and O–H groups in total. The summed E-state index contributed by atoms with van der Waals surface area (Å²) in [6.45, 7) is 1.23. The van der Waals surface area contributed by atoms with Gasteiger partial charge in [-0.1, -0.05) is 12.1 Å². The van der Waals surface area contributed by atoms with Crippen LogP contribution in [-0.4, -0.2) is 42.1 Å². The van der Waals surface area contributed by atoms with Crippen LogP contribution in [0.2, 0.25) is 0 Å². The van der Waals surface area contributed by atoms with E-state index in [-0.39, 0.29) is 18.1 Å². The molecule has 0 atom stereocenters. The summed E-state index contributed by atoms with van der Waals surface area (Å²) in [5, 5.41) is 8.81. The summed E-state index contributed by atoms with van der Waals surface area (Å²) in [5.41, 5.74) is 1.14. The standard InChI is InChI=1S/C15H19NO4/c1-16(14(17)10-20-9-12-2-3-12)8-11-4-6-13(7-5-11)15(18)19/h4-7,12H,2-3,8-10H2,1H3,(H,18,19). The second-order valence-corrected chi connectivity index (χ2v) is 5.21. The van der Waals surface area contributed by atoms with Gasteiger partial charge in [-0.2, -0.15) is 0 Å². The lowest BCUT2D eigenvalue weighted by Gasteiger charge is -2.17. The summed E-state index contributed by atoms with van der Waals surface area (Å²) in [6.07, 6.45) is 2.42. The first kappa shape index (κ1) is 14.5. The van der Waals surface area contributed by atoms with Gasteiger partial charge in [0.1, 0.15) is 6.61 Å². The first-order valence-electron chi connectivity index (χ1n) is 6.70. The van der Waals surface area contributed by atoms with E-state index in [0.29, 0.717) is 19.1 Å². The number of carboxylic acids is 1. The van der Waals surface area contributed by atoms with Gasteiger partial charge in [-0.05, 0) is 36.5 Å². The van der Waals surface area contributed by atoms with Gasteiger partial charge in [0.2, 0.25) is 5.91 Å². The van der Waals surface area contributed by atoms with Gasteiger partial charge in [0.25, 0.3) is 0 Å². The first-order valence-corrected chi connectivity index (χ1v) is 6.70. The maximum Gasteiger partial charge on any atom is 0.335 e. The van der Waals surface area contributed by atoms with Crippen LogP contribution in [0.25, 0.3) is 0 Å². The zero-order valence-electron chi connectivity index (χ0n) is 11.5. The number of hydrogen-bond acceptors (Lipinski definition) is 3. The zero-order valence-corrected chi connectivity index (χ0v) is 11.5. The molecule has 5 nitrogen and oxygen atoms in total. The molecule has 1 aromatic rings. The number of carbonyl (C=O) groups is 2. The molecule has 0 saturated heterocycles. The van der Waals surface area contributed by atoms with E-state index in [1.807, 2.05) is 0 Å². The maximum atomic E-state index is 11.8. The number of rotatable bonds is 7. The Balaban J connectivity index is 1.78. The van der Waals surface area contributed by atoms with Gasteiger partial charge in [0, 0.05) is 13.6 Å². The minimum Gasteiger partial charge on any atom is -0.478 e. The summed E-state index contributed by atoms with van der Waals surface area (Å²) in [7, 11) is 1.72. The smallest absolute Gasteiger partial charge is 0.335 e. The lowest BCUT2D eigenvalue weighted by Crippen LogP contribution is -2.30. The highest BCUT2D eigenvalue weighted by Crippen LogP contribution is 2.28. The fraction of sp³-hybridized carbons (Fsp3) is 0.467. The zero-order chi connectivity index (χ0) is 14.5. The van der Waals surface area contributed by atoms with Gasteiger partial charge in [-0.15, -0.1) is 0 Å². The number of carbonyl (C=O) groups excluding carboxylic acids is 1. The van der Waals surface area contributed by atoms with Crippen LogP contribution in [0.1, 0.15) is 28.8 Å². The monoisotopic (exact) mass is 277 g/mol. The average molecular weight is 277 g/mol. The van der Waals surface area contributed by atoms with Crippen molar-refractivity contribution in [3.63, 3.8) is 0 Å². The Bertz CT molecular complexity index is 479. The third-order valence-corrected chi connectivity index (χ3v) is 3.32. The summed E-state index contributed by atoms with van der Waals surface area (Å²) in [4.78, 5) is 24.2. The molecule has 0 heterocycles. The van der Waals surface area contributed by atoms with Crippen molar-refractivity contribution >= 4 is 11.9 Å². The molecule has 2 rings (SSSR count). The molecule has 108 valence electrons. The number of hydrogen-bond donors (Lipinski definition) is 1. The van der Waals surface area contributed by atoms with Crippen LogP contribution in [0.4, 0.5) is 0 Å². The molecule has 0 aromatic heterocycles. The molecule has 0 radical (unpaired) electrons. The minimum absolute atomic E-state index is 0.0621. The summed E-state index contributed by atoms with van der Waals surface area (Å²) >= 11 is 0. The third kappa shape index (κ3) is 4.35. The van der Waals surface area contributed by atoms with Gasteiger partial charge < -0.3 is 14.7 Å². The Kier molecular flexibility index (Phi) is 4.74. The molecule has 5 heteroatoms. The Labute approximate surface area is 118 Å². The van der Waals surface area contributed by atoms with Gasteiger partial charge in [0.05, 0.1) is 12.2 Å². The van der Waals surface area contributed by atoms with Crippen LogP contribution in [-0.2, 0) is 16.1 Å². The van der Waals surface area contributed by atoms with E-state index in [4.69, 9.17) is 9.84 Å². The van der Waals surface area contributed by atoms with Crippen LogP contribution in [0.3, 0.4) is 0 Å². The Morgan fingerprint density at radius 2 is 1.95 bits per heavy atom. The number of amides is 1. The number of nitrogens with zero attached hydrogens (tertiary/aromatic N) is 1. The number of likely N-dealkylation sites (N-methyl/N-ethyl adjacent to an activating group) is 1. The highest BCUT2D eigenvalue weighted by molar-refractivity contribution is 5.87. The normalized spacial score (nSPS) is 14.1. The molecule has 20 heavy (non-hydrogen) atoms. The number of benzene rings is 1. The van der Waals surface area contributed by atoms with Crippen LogP contribution in [0, 0.1) is 5.92 Å². The van der Waals surface area contributed by atoms with Crippen molar-refractivity contribution in [2.24, 2.45) is 5.92 Å². The van der Waals surface area contributed by atoms with Gasteiger partial charge >= 0.3 is 5.97 Å². The van der Waals surface area contributed by atoms with E-state index in [0.717, 1.165) is 5.56 Å². The fourth-order valence-electron chi connectivity index (χ4n) is 1.82. The lowest BCUT2D eigenvalue weighted by molar-refractivity contribution is -0.135. The van der Waals surface area contributed by atoms with Crippen molar-refractivity contribution in [2.75, 3.05) is 20.3 Å². The number of ether oxygens (including phenoxy) is 1. The Morgan fingerprint density at radius 3 is 2.50 bits per heavy atom. The molecule has 1 aliphatic carbocycles. The first-order chi connectivity index (χ1) is 9.56. The number of aromatic carboxylic acids is 1. The predicted octanol–water partition coefficient (Wildman–Crippen LogP) is 1.77. The van der Waals surface area contributed by atoms with Crippen molar-refractivity contribution < 1.29 is 19.4 Å². The van der Waals surface area contributed by atoms with E-state index in [2.05, 4.69) is 0 Å². The minimum atomic E-state index is -0.950. The molecule has 1 amide bonds. The van der Waals surface area contributed by atoms with E-state index in [9.17, 15) is 9.59 Å². The second-order valence-electron chi connectivity index (χ2n) is 5.21. The van der Waals surface area contributed by atoms with Crippen molar-refractivity contribution in [3.8, 4) is 0 Å². The second kappa shape index (κ2) is 6.52. The van der Waals surface area contributed by atoms with E-state index in [1.165, 1.54) is 12.8 Å². The van der Waals surface area contributed by atoms with Crippen molar-refractivity contribution in [2.45, 2.75) is 19.4 Å². The lowest BCUT2D eigenvalue weighted by atomic mass is 10.1. The van der Waals surface area contributed by atoms with Gasteiger partial charge in [0.15, 0.2) is 0 Å². The largest absolute Gasteiger partial charge is 0.478 e. The van der Waals surface area contributed by atoms with Crippen LogP contribution < -0.4 is 0 Å². The van der Waals surface area contributed by atoms with Crippen molar-refractivity contribution in [1.82, 2.24) is 4.90 Å². The summed E-state index contributed by atoms with van der Waals surface area (Å²) in [6, 6.07) is 6.52. The summed E-state index contributed by atoms with van der Waals surface area (Å²) in [5.74, 6) is -0.362. The van der Waals surface area contributed by atoms with Crippen LogP contribution in [0.5, 0.6) is 0 Å². The maximum absolute atomic E-state index is 11.8. The molecule has 1 aliphatic rings. The molecule has 0 unspecified atom stereocenters. The third-order valence-electron chi connectivity index (χ3n) is 3.32. The molecular weight excluding hydrogens is 258 g/mol. The SMILES string of the molecule is CN(Cc1ccc(C(=O)O)cc1)C(=O)COCC1CC1. The van der Waals surface area contributed by atoms with Gasteiger partial charge in [-0.25, -0.2) is 4.79 Å². The quantitative estimate of drug-likeness (QED) is 0.825. The van der Waals surface area contributed by atoms with Crippen LogP contribution >= 0.6 is 0 Å². The van der Waals surface area contributed by atoms with E-state index < -0.39 is 5.97 Å². The Hall–Kier alpha value is -1.88. The molecule has 0 spiro atoms. The molecular formula is C15H19NO4. The highest BCUT2D eigenvalue weighted by atomic mass is 16.5. The van der Waals surface area contributed by atoms with Gasteiger partial charge in [-0.3, -0.25) is 4.79 Å². The predicted molar refractivity (Wildman–Crippen MR) is 73.4 cm³/mol. The molecule has 1 saturated carbocycles. The molecule has 1 aromatic carbocycles. The van der Waals surface area contributed by atoms with Crippen molar-refractivity contribution in [3.05, 3.63) is 35.4 Å². The Morgan fingerprint density at radius 1 is 1.30 bits per heavy atom. The molecule has 0 aliphatic heterocycles. The number of carboxylic acid groups (broad SMARTS) is 1. The fourth-order valence-corrected chi connectivity index (χ4v) is 1.82. The molecule has 1 fully saturated rings. The highest BCUT2D eigenvalue weighted by Gasteiger charge is 2.22. The van der Waals surface area contributed by atoms with E-state index in [1.54, 1.807) is 36.2 Å².